The van der Waals surface area contributed by atoms with Crippen LogP contribution in [0.4, 0.5) is 5.69 Å². The number of anilines is 1. The first-order valence-electron chi connectivity index (χ1n) is 7.44. The van der Waals surface area contributed by atoms with Gasteiger partial charge in [0.1, 0.15) is 0 Å². The fourth-order valence-corrected chi connectivity index (χ4v) is 3.79. The lowest BCUT2D eigenvalue weighted by Crippen LogP contribution is -2.27. The minimum Gasteiger partial charge on any atom is -0.374 e. The first kappa shape index (κ1) is 12.9. The predicted octanol–water partition coefficient (Wildman–Crippen LogP) is 2.02. The maximum Gasteiger partial charge on any atom is 0.0399 e. The summed E-state index contributed by atoms with van der Waals surface area (Å²) in [6.07, 6.45) is 3.72. The van der Waals surface area contributed by atoms with Gasteiger partial charge in [-0.2, -0.15) is 0 Å². The Bertz CT molecular complexity index is 457. The number of fused-ring (bicyclic) bond motifs is 1. The number of benzene rings is 1. The summed E-state index contributed by atoms with van der Waals surface area (Å²) in [7, 11) is 4.45. The van der Waals surface area contributed by atoms with Gasteiger partial charge in [-0.05, 0) is 56.0 Å². The van der Waals surface area contributed by atoms with Crippen LogP contribution in [0.25, 0.3) is 0 Å². The zero-order chi connectivity index (χ0) is 13.4. The molecule has 2 unspecified atom stereocenters. The number of rotatable bonds is 2. The lowest BCUT2D eigenvalue weighted by molar-refractivity contribution is 0.312. The van der Waals surface area contributed by atoms with Crippen LogP contribution in [-0.4, -0.2) is 38.6 Å². The minimum atomic E-state index is 0.565. The highest BCUT2D eigenvalue weighted by Crippen LogP contribution is 2.39. The van der Waals surface area contributed by atoms with Crippen molar-refractivity contribution in [3.63, 3.8) is 0 Å². The monoisotopic (exact) mass is 259 g/mol. The molecular weight excluding hydrogens is 234 g/mol. The fraction of sp³-hybridized carbons (Fsp3) is 0.625. The summed E-state index contributed by atoms with van der Waals surface area (Å²) in [6.45, 7) is 3.14. The van der Waals surface area contributed by atoms with Crippen molar-refractivity contribution in [2.24, 2.45) is 11.7 Å². The molecule has 2 aliphatic heterocycles. The molecule has 0 amide bonds. The highest BCUT2D eigenvalue weighted by Gasteiger charge is 2.32. The molecule has 0 aliphatic carbocycles. The summed E-state index contributed by atoms with van der Waals surface area (Å²) >= 11 is 0. The van der Waals surface area contributed by atoms with Gasteiger partial charge in [-0.1, -0.05) is 12.1 Å². The van der Waals surface area contributed by atoms with E-state index < -0.39 is 0 Å². The van der Waals surface area contributed by atoms with Gasteiger partial charge < -0.3 is 10.6 Å². The van der Waals surface area contributed by atoms with Crippen molar-refractivity contribution in [1.29, 1.82) is 0 Å². The Hall–Kier alpha value is -1.06. The topological polar surface area (TPSA) is 32.5 Å². The molecule has 3 rings (SSSR count). The summed E-state index contributed by atoms with van der Waals surface area (Å²) in [5.74, 6) is 0.659. The Morgan fingerprint density at radius 1 is 1.32 bits per heavy atom. The van der Waals surface area contributed by atoms with Gasteiger partial charge in [0.15, 0.2) is 0 Å². The van der Waals surface area contributed by atoms with Crippen LogP contribution in [0.3, 0.4) is 0 Å². The third kappa shape index (κ3) is 2.26. The number of likely N-dealkylation sites (tertiary alicyclic amines) is 1. The van der Waals surface area contributed by atoms with Gasteiger partial charge in [-0.15, -0.1) is 0 Å². The summed E-state index contributed by atoms with van der Waals surface area (Å²) in [6, 6.07) is 7.39. The van der Waals surface area contributed by atoms with Crippen LogP contribution in [0.2, 0.25) is 0 Å². The molecule has 2 atom stereocenters. The third-order valence-electron chi connectivity index (χ3n) is 4.85. The molecule has 0 aromatic heterocycles. The van der Waals surface area contributed by atoms with Crippen LogP contribution in [0.15, 0.2) is 18.2 Å². The highest BCUT2D eigenvalue weighted by atomic mass is 15.2. The zero-order valence-electron chi connectivity index (χ0n) is 12.1. The molecule has 1 aromatic carbocycles. The molecule has 0 spiro atoms. The largest absolute Gasteiger partial charge is 0.374 e. The lowest BCUT2D eigenvalue weighted by atomic mass is 9.90. The maximum atomic E-state index is 5.86. The van der Waals surface area contributed by atoms with Crippen molar-refractivity contribution >= 4 is 5.69 Å². The van der Waals surface area contributed by atoms with Gasteiger partial charge in [-0.25, -0.2) is 0 Å². The zero-order valence-corrected chi connectivity index (χ0v) is 12.1. The number of nitrogens with zero attached hydrogens (tertiary/aromatic N) is 2. The van der Waals surface area contributed by atoms with Gasteiger partial charge in [0.25, 0.3) is 0 Å². The van der Waals surface area contributed by atoms with E-state index in [1.807, 2.05) is 0 Å². The van der Waals surface area contributed by atoms with E-state index in [2.05, 4.69) is 42.1 Å². The number of hydrogen-bond acceptors (Lipinski definition) is 3. The van der Waals surface area contributed by atoms with Crippen LogP contribution in [-0.2, 0) is 6.42 Å². The average Bonchev–Trinajstić information content (AvgIpc) is 2.80. The van der Waals surface area contributed by atoms with Crippen molar-refractivity contribution < 1.29 is 0 Å². The van der Waals surface area contributed by atoms with E-state index in [-0.39, 0.29) is 0 Å². The Morgan fingerprint density at radius 2 is 2.16 bits per heavy atom. The molecule has 3 heteroatoms. The quantitative estimate of drug-likeness (QED) is 0.882. The third-order valence-corrected chi connectivity index (χ3v) is 4.85. The molecule has 3 nitrogen and oxygen atoms in total. The van der Waals surface area contributed by atoms with Crippen LogP contribution in [0.1, 0.15) is 30.0 Å². The standard InChI is InChI=1S/C16H25N3/c1-18-8-4-6-13-14(5-3-7-15(13)18)16-9-12(10-17)11-19(16)2/h3,5,7,12,16H,4,6,8-11,17H2,1-2H3. The molecular formula is C16H25N3. The van der Waals surface area contributed by atoms with E-state index in [0.29, 0.717) is 12.0 Å². The lowest BCUT2D eigenvalue weighted by Gasteiger charge is -2.32. The van der Waals surface area contributed by atoms with Gasteiger partial charge in [0.05, 0.1) is 0 Å². The van der Waals surface area contributed by atoms with Crippen molar-refractivity contribution in [2.45, 2.75) is 25.3 Å². The molecule has 2 N–H and O–H groups in total. The average molecular weight is 259 g/mol. The summed E-state index contributed by atoms with van der Waals surface area (Å²) < 4.78 is 0. The Labute approximate surface area is 116 Å². The highest BCUT2D eigenvalue weighted by molar-refractivity contribution is 5.58. The maximum absolute atomic E-state index is 5.86. The predicted molar refractivity (Wildman–Crippen MR) is 80.6 cm³/mol. The molecule has 19 heavy (non-hydrogen) atoms. The molecule has 0 saturated carbocycles. The molecule has 104 valence electrons. The summed E-state index contributed by atoms with van der Waals surface area (Å²) in [4.78, 5) is 4.89. The Kier molecular flexibility index (Phi) is 3.50. The van der Waals surface area contributed by atoms with Gasteiger partial charge >= 0.3 is 0 Å². The van der Waals surface area contributed by atoms with Crippen molar-refractivity contribution in [2.75, 3.05) is 38.6 Å². The first-order valence-corrected chi connectivity index (χ1v) is 7.44. The minimum absolute atomic E-state index is 0.565. The second kappa shape index (κ2) is 5.14. The van der Waals surface area contributed by atoms with E-state index in [1.54, 1.807) is 11.1 Å². The molecule has 2 heterocycles. The van der Waals surface area contributed by atoms with Crippen LogP contribution >= 0.6 is 0 Å². The van der Waals surface area contributed by atoms with E-state index in [4.69, 9.17) is 5.73 Å². The van der Waals surface area contributed by atoms with Crippen LogP contribution in [0.5, 0.6) is 0 Å². The molecule has 2 aliphatic rings. The summed E-state index contributed by atoms with van der Waals surface area (Å²) in [5, 5.41) is 0. The Morgan fingerprint density at radius 3 is 2.89 bits per heavy atom. The smallest absolute Gasteiger partial charge is 0.0399 e. The fourth-order valence-electron chi connectivity index (χ4n) is 3.79. The van der Waals surface area contributed by atoms with Gasteiger partial charge in [0, 0.05) is 31.9 Å². The second-order valence-electron chi connectivity index (χ2n) is 6.16. The normalized spacial score (nSPS) is 27.6. The molecule has 1 saturated heterocycles. The Balaban J connectivity index is 1.95. The molecule has 0 bridgehead atoms. The van der Waals surface area contributed by atoms with Crippen molar-refractivity contribution in [3.8, 4) is 0 Å². The number of hydrogen-bond donors (Lipinski definition) is 1. The van der Waals surface area contributed by atoms with Crippen molar-refractivity contribution in [3.05, 3.63) is 29.3 Å². The van der Waals surface area contributed by atoms with E-state index in [9.17, 15) is 0 Å². The van der Waals surface area contributed by atoms with E-state index in [1.165, 1.54) is 31.5 Å². The van der Waals surface area contributed by atoms with E-state index >= 15 is 0 Å². The molecule has 1 aromatic rings. The first-order chi connectivity index (χ1) is 9.20. The van der Waals surface area contributed by atoms with Gasteiger partial charge in [0.2, 0.25) is 0 Å². The van der Waals surface area contributed by atoms with Crippen LogP contribution < -0.4 is 10.6 Å². The summed E-state index contributed by atoms with van der Waals surface area (Å²) in [5.41, 5.74) is 10.4. The second-order valence-corrected chi connectivity index (χ2v) is 6.16. The SMILES string of the molecule is CN1CCCc2c(C3CC(CN)CN3C)cccc21. The van der Waals surface area contributed by atoms with Crippen LogP contribution in [0, 0.1) is 5.92 Å². The van der Waals surface area contributed by atoms with E-state index in [0.717, 1.165) is 13.1 Å². The molecule has 1 fully saturated rings. The molecule has 0 radical (unpaired) electrons. The number of nitrogens with two attached hydrogens (primary N) is 1. The van der Waals surface area contributed by atoms with Crippen molar-refractivity contribution in [1.82, 2.24) is 4.90 Å². The van der Waals surface area contributed by atoms with Gasteiger partial charge in [-0.3, -0.25) is 4.90 Å².